The molecule has 0 unspecified atom stereocenters. The monoisotopic (exact) mass is 411 g/mol. The number of nitrogens with zero attached hydrogens (tertiary/aromatic N) is 3. The first-order valence-corrected chi connectivity index (χ1v) is 10.2. The van der Waals surface area contributed by atoms with E-state index in [9.17, 15) is 0 Å². The predicted molar refractivity (Wildman–Crippen MR) is 111 cm³/mol. The molecule has 2 aromatic rings. The normalized spacial score (nSPS) is 15.7. The molecule has 1 aromatic heterocycles. The zero-order valence-electron chi connectivity index (χ0n) is 15.6. The molecule has 0 radical (unpaired) electrons. The lowest BCUT2D eigenvalue weighted by Crippen LogP contribution is -2.24. The van der Waals surface area contributed by atoms with Gasteiger partial charge in [0.15, 0.2) is 0 Å². The summed E-state index contributed by atoms with van der Waals surface area (Å²) in [4.78, 5) is 10.8. The topological polar surface area (TPSA) is 37.7 Å². The third kappa shape index (κ3) is 4.16. The van der Waals surface area contributed by atoms with E-state index in [0.29, 0.717) is 15.6 Å². The molecule has 140 valence electrons. The van der Waals surface area contributed by atoms with Crippen molar-refractivity contribution >= 4 is 46.6 Å². The summed E-state index contributed by atoms with van der Waals surface area (Å²) in [6, 6.07) is 4.42. The molecule has 26 heavy (non-hydrogen) atoms. The third-order valence-electron chi connectivity index (χ3n) is 4.56. The summed E-state index contributed by atoms with van der Waals surface area (Å²) in [5.74, 6) is 0.759. The molecule has 1 fully saturated rings. The Morgan fingerprint density at radius 1 is 1.31 bits per heavy atom. The van der Waals surface area contributed by atoms with E-state index < -0.39 is 0 Å². The molecule has 0 aliphatic heterocycles. The van der Waals surface area contributed by atoms with Crippen LogP contribution in [0.15, 0.2) is 17.1 Å². The van der Waals surface area contributed by atoms with Gasteiger partial charge in [0.25, 0.3) is 5.19 Å². The molecule has 4 nitrogen and oxygen atoms in total. The number of ether oxygens (including phenoxy) is 1. The van der Waals surface area contributed by atoms with E-state index >= 15 is 0 Å². The standard InChI is InChI=1S/C19H23Cl2N3OS/c1-11(2)24(5)10-22-14-8-13(4)15(9-12(14)3)25-18-23-16(17(20)26-18)19(21)6-7-19/h8-11H,6-7H2,1-5H3. The number of benzene rings is 1. The van der Waals surface area contributed by atoms with Crippen molar-refractivity contribution in [1.82, 2.24) is 9.88 Å². The maximum absolute atomic E-state index is 6.44. The Labute approximate surface area is 168 Å². The fraction of sp³-hybridized carbons (Fsp3) is 0.474. The molecule has 1 aliphatic rings. The van der Waals surface area contributed by atoms with Crippen LogP contribution in [0.4, 0.5) is 5.69 Å². The van der Waals surface area contributed by atoms with Crippen molar-refractivity contribution < 1.29 is 4.74 Å². The van der Waals surface area contributed by atoms with Crippen molar-refractivity contribution in [3.8, 4) is 10.9 Å². The van der Waals surface area contributed by atoms with Crippen LogP contribution in [0.3, 0.4) is 0 Å². The summed E-state index contributed by atoms with van der Waals surface area (Å²) in [5.41, 5.74) is 3.71. The molecular formula is C19H23Cl2N3OS. The van der Waals surface area contributed by atoms with Crippen molar-refractivity contribution in [3.63, 3.8) is 0 Å². The summed E-state index contributed by atoms with van der Waals surface area (Å²) < 4.78 is 6.61. The molecule has 7 heteroatoms. The van der Waals surface area contributed by atoms with Gasteiger partial charge in [0, 0.05) is 13.1 Å². The average Bonchev–Trinajstić information content (AvgIpc) is 3.20. The largest absolute Gasteiger partial charge is 0.431 e. The van der Waals surface area contributed by atoms with E-state index in [0.717, 1.165) is 41.1 Å². The summed E-state index contributed by atoms with van der Waals surface area (Å²) in [6.45, 7) is 8.27. The molecular weight excluding hydrogens is 389 g/mol. The molecule has 0 atom stereocenters. The van der Waals surface area contributed by atoms with Gasteiger partial charge in [-0.2, -0.15) is 0 Å². The zero-order chi connectivity index (χ0) is 19.1. The lowest BCUT2D eigenvalue weighted by Gasteiger charge is -2.17. The van der Waals surface area contributed by atoms with Crippen molar-refractivity contribution in [1.29, 1.82) is 0 Å². The minimum absolute atomic E-state index is 0.388. The summed E-state index contributed by atoms with van der Waals surface area (Å²) >= 11 is 14.1. The highest BCUT2D eigenvalue weighted by molar-refractivity contribution is 7.17. The minimum atomic E-state index is -0.388. The first kappa shape index (κ1) is 19.5. The predicted octanol–water partition coefficient (Wildman–Crippen LogP) is 6.43. The number of hydrogen-bond acceptors (Lipinski definition) is 4. The van der Waals surface area contributed by atoms with Crippen LogP contribution < -0.4 is 4.74 Å². The quantitative estimate of drug-likeness (QED) is 0.312. The maximum Gasteiger partial charge on any atom is 0.280 e. The molecule has 1 aliphatic carbocycles. The van der Waals surface area contributed by atoms with E-state index in [1.165, 1.54) is 11.3 Å². The second kappa shape index (κ2) is 7.37. The number of hydrogen-bond donors (Lipinski definition) is 0. The fourth-order valence-corrected chi connectivity index (χ4v) is 3.87. The highest BCUT2D eigenvalue weighted by Gasteiger charge is 2.46. The number of thiazole rings is 1. The van der Waals surface area contributed by atoms with Crippen LogP contribution in [-0.4, -0.2) is 29.3 Å². The molecule has 1 aromatic carbocycles. The number of aryl methyl sites for hydroxylation is 2. The van der Waals surface area contributed by atoms with Crippen LogP contribution >= 0.6 is 34.5 Å². The Bertz CT molecular complexity index is 844. The van der Waals surface area contributed by atoms with E-state index in [1.54, 1.807) is 0 Å². The van der Waals surface area contributed by atoms with E-state index in [4.69, 9.17) is 27.9 Å². The molecule has 0 spiro atoms. The summed E-state index contributed by atoms with van der Waals surface area (Å²) in [6.07, 6.45) is 3.68. The van der Waals surface area contributed by atoms with Gasteiger partial charge in [0.1, 0.15) is 10.1 Å². The number of halogens is 2. The van der Waals surface area contributed by atoms with Gasteiger partial charge in [0.2, 0.25) is 0 Å². The van der Waals surface area contributed by atoms with Crippen LogP contribution in [0.2, 0.25) is 4.34 Å². The Hall–Kier alpha value is -1.30. The molecule has 0 saturated heterocycles. The van der Waals surface area contributed by atoms with Crippen LogP contribution in [0.25, 0.3) is 0 Å². The van der Waals surface area contributed by atoms with Gasteiger partial charge in [-0.3, -0.25) is 0 Å². The smallest absolute Gasteiger partial charge is 0.280 e. The molecule has 0 N–H and O–H groups in total. The second-order valence-corrected chi connectivity index (χ2v) is 9.36. The van der Waals surface area contributed by atoms with Crippen molar-refractivity contribution in [2.24, 2.45) is 4.99 Å². The van der Waals surface area contributed by atoms with Crippen LogP contribution in [0.1, 0.15) is 43.5 Å². The number of alkyl halides is 1. The Balaban J connectivity index is 1.80. The SMILES string of the molecule is Cc1cc(Oc2nc(C3(Cl)CC3)c(Cl)s2)c(C)cc1N=CN(C)C(C)C. The highest BCUT2D eigenvalue weighted by atomic mass is 35.5. The molecule has 0 bridgehead atoms. The van der Waals surface area contributed by atoms with Gasteiger partial charge in [-0.25, -0.2) is 9.98 Å². The van der Waals surface area contributed by atoms with Crippen molar-refractivity contribution in [3.05, 3.63) is 33.3 Å². The van der Waals surface area contributed by atoms with Crippen LogP contribution in [0, 0.1) is 13.8 Å². The second-order valence-electron chi connectivity index (χ2n) is 7.08. The van der Waals surface area contributed by atoms with Gasteiger partial charge in [-0.1, -0.05) is 22.9 Å². The Morgan fingerprint density at radius 2 is 2.00 bits per heavy atom. The minimum Gasteiger partial charge on any atom is -0.431 e. The Morgan fingerprint density at radius 3 is 2.62 bits per heavy atom. The molecule has 0 amide bonds. The van der Waals surface area contributed by atoms with Gasteiger partial charge in [-0.15, -0.1) is 11.6 Å². The first-order valence-electron chi connectivity index (χ1n) is 8.60. The lowest BCUT2D eigenvalue weighted by molar-refractivity contribution is 0.429. The molecule has 1 saturated carbocycles. The van der Waals surface area contributed by atoms with E-state index in [1.807, 2.05) is 39.4 Å². The van der Waals surface area contributed by atoms with Gasteiger partial charge >= 0.3 is 0 Å². The number of aromatic nitrogens is 1. The number of aliphatic imine (C=N–C) groups is 1. The highest BCUT2D eigenvalue weighted by Crippen LogP contribution is 2.55. The summed E-state index contributed by atoms with van der Waals surface area (Å²) in [5, 5.41) is 0.523. The first-order chi connectivity index (χ1) is 12.2. The zero-order valence-corrected chi connectivity index (χ0v) is 18.0. The van der Waals surface area contributed by atoms with Crippen molar-refractivity contribution in [2.45, 2.75) is 51.5 Å². The van der Waals surface area contributed by atoms with Crippen molar-refractivity contribution in [2.75, 3.05) is 7.05 Å². The number of rotatable bonds is 6. The lowest BCUT2D eigenvalue weighted by atomic mass is 10.1. The van der Waals surface area contributed by atoms with Gasteiger partial charge < -0.3 is 9.64 Å². The molecule has 1 heterocycles. The average molecular weight is 412 g/mol. The maximum atomic E-state index is 6.44. The van der Waals surface area contributed by atoms with Gasteiger partial charge in [0.05, 0.1) is 22.6 Å². The van der Waals surface area contributed by atoms with Crippen LogP contribution in [0.5, 0.6) is 10.9 Å². The van der Waals surface area contributed by atoms with E-state index in [2.05, 4.69) is 28.7 Å². The molecule has 3 rings (SSSR count). The Kier molecular flexibility index (Phi) is 5.52. The fourth-order valence-electron chi connectivity index (χ4n) is 2.35. The van der Waals surface area contributed by atoms with E-state index in [-0.39, 0.29) is 4.87 Å². The van der Waals surface area contributed by atoms with Crippen LogP contribution in [-0.2, 0) is 4.87 Å². The summed E-state index contributed by atoms with van der Waals surface area (Å²) in [7, 11) is 2.02. The third-order valence-corrected chi connectivity index (χ3v) is 6.25. The van der Waals surface area contributed by atoms with Gasteiger partial charge in [-0.05, 0) is 63.8 Å².